The van der Waals surface area contributed by atoms with Gasteiger partial charge in [0.1, 0.15) is 17.3 Å². The molecule has 0 radical (unpaired) electrons. The maximum absolute atomic E-state index is 9.77. The lowest BCUT2D eigenvalue weighted by Gasteiger charge is -2.28. The van der Waals surface area contributed by atoms with Crippen molar-refractivity contribution in [3.8, 4) is 28.4 Å². The lowest BCUT2D eigenvalue weighted by atomic mass is 10.1. The highest BCUT2D eigenvalue weighted by atomic mass is 16.3. The summed E-state index contributed by atoms with van der Waals surface area (Å²) in [6.45, 7) is 2.09. The topological polar surface area (TPSA) is 107 Å². The first-order chi connectivity index (χ1) is 15.3. The van der Waals surface area contributed by atoms with Crippen molar-refractivity contribution in [2.24, 2.45) is 0 Å². The molecule has 1 fully saturated rings. The molecule has 8 nitrogen and oxygen atoms in total. The van der Waals surface area contributed by atoms with Crippen LogP contribution in [-0.2, 0) is 0 Å². The van der Waals surface area contributed by atoms with Gasteiger partial charge >= 0.3 is 0 Å². The molecule has 1 aliphatic rings. The van der Waals surface area contributed by atoms with Gasteiger partial charge in [-0.15, -0.1) is 0 Å². The third kappa shape index (κ3) is 3.07. The second-order valence-corrected chi connectivity index (χ2v) is 7.95. The number of anilines is 1. The Bertz CT molecular complexity index is 1400. The number of hydrogen-bond donors (Lipinski definition) is 3. The number of piperidine rings is 1. The predicted octanol–water partition coefficient (Wildman–Crippen LogP) is 4.26. The quantitative estimate of drug-likeness (QED) is 0.410. The summed E-state index contributed by atoms with van der Waals surface area (Å²) >= 11 is 0. The lowest BCUT2D eigenvalue weighted by Crippen LogP contribution is -2.30. The van der Waals surface area contributed by atoms with Crippen LogP contribution >= 0.6 is 0 Å². The second kappa shape index (κ2) is 7.09. The number of aromatic nitrogens is 6. The highest BCUT2D eigenvalue weighted by Gasteiger charge is 2.18. The van der Waals surface area contributed by atoms with Crippen LogP contribution in [0.25, 0.3) is 44.5 Å². The Morgan fingerprint density at radius 1 is 0.903 bits per heavy atom. The molecule has 0 bridgehead atoms. The van der Waals surface area contributed by atoms with E-state index in [0.29, 0.717) is 0 Å². The van der Waals surface area contributed by atoms with E-state index in [2.05, 4.69) is 41.1 Å². The van der Waals surface area contributed by atoms with E-state index < -0.39 is 0 Å². The van der Waals surface area contributed by atoms with E-state index in [1.54, 1.807) is 18.5 Å². The van der Waals surface area contributed by atoms with E-state index in [9.17, 15) is 5.11 Å². The minimum absolute atomic E-state index is 0.111. The SMILES string of the molecule is Oc1cncc(-c2cc3c(-c4cc5c(N6CCCCC6)nccc5[nH]4)n[nH]c3cn2)c1. The Kier molecular flexibility index (Phi) is 4.09. The van der Waals surface area contributed by atoms with Gasteiger partial charge in [0.05, 0.1) is 34.8 Å². The summed E-state index contributed by atoms with van der Waals surface area (Å²) in [5.74, 6) is 1.15. The fraction of sp³-hybridized carbons (Fsp3) is 0.217. The van der Waals surface area contributed by atoms with Crippen LogP contribution in [0.5, 0.6) is 5.75 Å². The van der Waals surface area contributed by atoms with E-state index in [4.69, 9.17) is 0 Å². The molecule has 154 valence electrons. The minimum atomic E-state index is 0.111. The fourth-order valence-electron chi connectivity index (χ4n) is 4.37. The predicted molar refractivity (Wildman–Crippen MR) is 120 cm³/mol. The van der Waals surface area contributed by atoms with Crippen molar-refractivity contribution in [3.63, 3.8) is 0 Å². The Morgan fingerprint density at radius 3 is 2.68 bits per heavy atom. The first kappa shape index (κ1) is 17.9. The number of aromatic amines is 2. The molecular formula is C23H21N7O. The molecule has 31 heavy (non-hydrogen) atoms. The maximum Gasteiger partial charge on any atom is 0.137 e. The van der Waals surface area contributed by atoms with E-state index in [-0.39, 0.29) is 5.75 Å². The van der Waals surface area contributed by atoms with Gasteiger partial charge in [-0.05, 0) is 43.5 Å². The van der Waals surface area contributed by atoms with Gasteiger partial charge in [-0.1, -0.05) is 0 Å². The lowest BCUT2D eigenvalue weighted by molar-refractivity contribution is 0.473. The summed E-state index contributed by atoms with van der Waals surface area (Å²) in [6.07, 6.45) is 10.4. The van der Waals surface area contributed by atoms with Crippen molar-refractivity contribution in [2.45, 2.75) is 19.3 Å². The van der Waals surface area contributed by atoms with Crippen molar-refractivity contribution >= 4 is 27.6 Å². The number of aromatic hydroxyl groups is 1. The second-order valence-electron chi connectivity index (χ2n) is 7.95. The van der Waals surface area contributed by atoms with Gasteiger partial charge in [-0.3, -0.25) is 15.1 Å². The Balaban J connectivity index is 1.46. The van der Waals surface area contributed by atoms with Gasteiger partial charge in [0.25, 0.3) is 0 Å². The van der Waals surface area contributed by atoms with Crippen molar-refractivity contribution in [1.29, 1.82) is 0 Å². The number of H-pyrrole nitrogens is 2. The average molecular weight is 411 g/mol. The average Bonchev–Trinajstić information content (AvgIpc) is 3.43. The zero-order chi connectivity index (χ0) is 20.8. The molecular weight excluding hydrogens is 390 g/mol. The molecule has 0 unspecified atom stereocenters. The summed E-state index contributed by atoms with van der Waals surface area (Å²) in [7, 11) is 0. The van der Waals surface area contributed by atoms with Gasteiger partial charge in [-0.25, -0.2) is 4.98 Å². The number of pyridine rings is 3. The van der Waals surface area contributed by atoms with Crippen LogP contribution in [0.15, 0.2) is 49.1 Å². The van der Waals surface area contributed by atoms with Crippen molar-refractivity contribution < 1.29 is 5.11 Å². The number of hydrogen-bond acceptors (Lipinski definition) is 6. The molecule has 6 rings (SSSR count). The molecule has 1 aliphatic heterocycles. The zero-order valence-corrected chi connectivity index (χ0v) is 16.8. The fourth-order valence-corrected chi connectivity index (χ4v) is 4.37. The summed E-state index contributed by atoms with van der Waals surface area (Å²) in [5.41, 5.74) is 5.13. The number of nitrogens with zero attached hydrogens (tertiary/aromatic N) is 5. The zero-order valence-electron chi connectivity index (χ0n) is 16.8. The molecule has 0 aromatic carbocycles. The van der Waals surface area contributed by atoms with Crippen LogP contribution in [0.2, 0.25) is 0 Å². The number of fused-ring (bicyclic) bond motifs is 2. The molecule has 5 aromatic rings. The van der Waals surface area contributed by atoms with Gasteiger partial charge in [0, 0.05) is 41.8 Å². The van der Waals surface area contributed by atoms with Crippen LogP contribution in [0.1, 0.15) is 19.3 Å². The van der Waals surface area contributed by atoms with Crippen LogP contribution in [0, 0.1) is 0 Å². The van der Waals surface area contributed by atoms with Crippen LogP contribution < -0.4 is 4.90 Å². The normalized spacial score (nSPS) is 14.5. The van der Waals surface area contributed by atoms with Crippen LogP contribution in [0.4, 0.5) is 5.82 Å². The van der Waals surface area contributed by atoms with Gasteiger partial charge in [-0.2, -0.15) is 5.10 Å². The highest BCUT2D eigenvalue weighted by Crippen LogP contribution is 2.34. The first-order valence-electron chi connectivity index (χ1n) is 10.5. The molecule has 8 heteroatoms. The Labute approximate surface area is 178 Å². The van der Waals surface area contributed by atoms with E-state index in [1.807, 2.05) is 18.3 Å². The standard InChI is InChI=1S/C23H21N7O/c31-15-8-14(11-24-12-15)19-9-16-21(13-26-19)28-29-22(16)20-10-17-18(27-20)4-5-25-23(17)30-6-2-1-3-7-30/h4-5,8-13,27,31H,1-3,6-7H2,(H,28,29). The monoisotopic (exact) mass is 411 g/mol. The maximum atomic E-state index is 9.77. The largest absolute Gasteiger partial charge is 0.506 e. The van der Waals surface area contributed by atoms with E-state index in [1.165, 1.54) is 25.5 Å². The highest BCUT2D eigenvalue weighted by molar-refractivity contribution is 5.99. The molecule has 0 aliphatic carbocycles. The molecule has 0 atom stereocenters. The van der Waals surface area contributed by atoms with Crippen molar-refractivity contribution in [1.82, 2.24) is 30.1 Å². The Morgan fingerprint density at radius 2 is 1.81 bits per heavy atom. The third-order valence-corrected chi connectivity index (χ3v) is 5.90. The third-order valence-electron chi connectivity index (χ3n) is 5.90. The Hall–Kier alpha value is -3.94. The van der Waals surface area contributed by atoms with Gasteiger partial charge in [0.2, 0.25) is 0 Å². The molecule has 1 saturated heterocycles. The smallest absolute Gasteiger partial charge is 0.137 e. The van der Waals surface area contributed by atoms with E-state index in [0.717, 1.165) is 63.4 Å². The molecule has 0 amide bonds. The molecule has 0 spiro atoms. The molecule has 3 N–H and O–H groups in total. The van der Waals surface area contributed by atoms with Crippen molar-refractivity contribution in [3.05, 3.63) is 49.1 Å². The molecule has 6 heterocycles. The van der Waals surface area contributed by atoms with Gasteiger partial charge in [0.15, 0.2) is 0 Å². The van der Waals surface area contributed by atoms with Crippen LogP contribution in [0.3, 0.4) is 0 Å². The summed E-state index contributed by atoms with van der Waals surface area (Å²) in [5, 5.41) is 19.5. The number of rotatable bonds is 3. The minimum Gasteiger partial charge on any atom is -0.506 e. The van der Waals surface area contributed by atoms with Gasteiger partial charge < -0.3 is 15.0 Å². The number of nitrogens with one attached hydrogen (secondary N) is 2. The molecule has 5 aromatic heterocycles. The summed E-state index contributed by atoms with van der Waals surface area (Å²) < 4.78 is 0. The summed E-state index contributed by atoms with van der Waals surface area (Å²) in [6, 6.07) is 7.77. The summed E-state index contributed by atoms with van der Waals surface area (Å²) in [4.78, 5) is 19.1. The van der Waals surface area contributed by atoms with Crippen LogP contribution in [-0.4, -0.2) is 48.3 Å². The molecule has 0 saturated carbocycles. The van der Waals surface area contributed by atoms with E-state index >= 15 is 0 Å². The van der Waals surface area contributed by atoms with Crippen molar-refractivity contribution in [2.75, 3.05) is 18.0 Å². The first-order valence-corrected chi connectivity index (χ1v) is 10.5.